The Labute approximate surface area is 113 Å². The van der Waals surface area contributed by atoms with Crippen LogP contribution in [0.1, 0.15) is 19.4 Å². The number of nitrogens with one attached hydrogen (secondary N) is 2. The molecule has 0 aliphatic rings. The second-order valence-electron chi connectivity index (χ2n) is 4.47. The molecule has 0 aliphatic heterocycles. The van der Waals surface area contributed by atoms with Gasteiger partial charge >= 0.3 is 0 Å². The standard InChI is InChI=1S/C15H18N2O2/c1-9(2)14(18)16-12-8-6-7-11(5)13(12)17-15(19)10(3)4/h6-8H,1,3H2,2,4-5H3,(H,16,18)(H,17,19). The van der Waals surface area contributed by atoms with E-state index in [1.807, 2.05) is 13.0 Å². The van der Waals surface area contributed by atoms with E-state index < -0.39 is 0 Å². The Bertz CT molecular complexity index is 559. The van der Waals surface area contributed by atoms with E-state index in [1.54, 1.807) is 26.0 Å². The monoisotopic (exact) mass is 258 g/mol. The van der Waals surface area contributed by atoms with Crippen LogP contribution in [-0.2, 0) is 9.59 Å². The van der Waals surface area contributed by atoms with Crippen molar-refractivity contribution in [2.75, 3.05) is 10.6 Å². The van der Waals surface area contributed by atoms with Crippen LogP contribution in [0.3, 0.4) is 0 Å². The molecule has 0 spiro atoms. The third kappa shape index (κ3) is 3.81. The minimum atomic E-state index is -0.281. The van der Waals surface area contributed by atoms with Gasteiger partial charge in [0.15, 0.2) is 0 Å². The maximum Gasteiger partial charge on any atom is 0.250 e. The fraction of sp³-hybridized carbons (Fsp3) is 0.200. The molecule has 0 heterocycles. The number of hydrogen-bond donors (Lipinski definition) is 2. The first-order valence-electron chi connectivity index (χ1n) is 5.86. The van der Waals surface area contributed by atoms with Gasteiger partial charge in [0.1, 0.15) is 0 Å². The zero-order valence-corrected chi connectivity index (χ0v) is 11.5. The molecule has 0 aromatic heterocycles. The third-order valence-corrected chi connectivity index (χ3v) is 2.53. The van der Waals surface area contributed by atoms with E-state index in [-0.39, 0.29) is 11.8 Å². The van der Waals surface area contributed by atoms with E-state index in [0.717, 1.165) is 5.56 Å². The molecule has 2 amide bonds. The number of carbonyl (C=O) groups is 2. The van der Waals surface area contributed by atoms with Crippen LogP contribution in [0.15, 0.2) is 42.5 Å². The van der Waals surface area contributed by atoms with Crippen molar-refractivity contribution < 1.29 is 9.59 Å². The summed E-state index contributed by atoms with van der Waals surface area (Å²) in [4.78, 5) is 23.3. The summed E-state index contributed by atoms with van der Waals surface area (Å²) in [5, 5.41) is 5.45. The van der Waals surface area contributed by atoms with Crippen LogP contribution in [-0.4, -0.2) is 11.8 Å². The highest BCUT2D eigenvalue weighted by atomic mass is 16.2. The molecule has 0 radical (unpaired) electrons. The number of carbonyl (C=O) groups excluding carboxylic acids is 2. The highest BCUT2D eigenvalue weighted by Gasteiger charge is 2.12. The number of hydrogen-bond acceptors (Lipinski definition) is 2. The molecular weight excluding hydrogens is 240 g/mol. The van der Waals surface area contributed by atoms with Gasteiger partial charge in [0.25, 0.3) is 11.8 Å². The van der Waals surface area contributed by atoms with Gasteiger partial charge < -0.3 is 10.6 Å². The van der Waals surface area contributed by atoms with Gasteiger partial charge in [0, 0.05) is 11.1 Å². The Morgan fingerprint density at radius 3 is 2.05 bits per heavy atom. The molecule has 1 rings (SSSR count). The van der Waals surface area contributed by atoms with Crippen LogP contribution in [0.4, 0.5) is 11.4 Å². The minimum absolute atomic E-state index is 0.278. The van der Waals surface area contributed by atoms with E-state index in [0.29, 0.717) is 22.5 Å². The van der Waals surface area contributed by atoms with E-state index in [2.05, 4.69) is 23.8 Å². The van der Waals surface area contributed by atoms with Crippen LogP contribution in [0.2, 0.25) is 0 Å². The fourth-order valence-electron chi connectivity index (χ4n) is 1.39. The predicted octanol–water partition coefficient (Wildman–Crippen LogP) is 3.02. The maximum absolute atomic E-state index is 11.7. The molecule has 1 aromatic rings. The summed E-state index contributed by atoms with van der Waals surface area (Å²) in [6, 6.07) is 5.38. The molecule has 0 atom stereocenters. The van der Waals surface area contributed by atoms with Gasteiger partial charge in [0.2, 0.25) is 0 Å². The van der Waals surface area contributed by atoms with E-state index in [1.165, 1.54) is 0 Å². The molecule has 0 fully saturated rings. The Morgan fingerprint density at radius 2 is 1.53 bits per heavy atom. The fourth-order valence-corrected chi connectivity index (χ4v) is 1.39. The first kappa shape index (κ1) is 14.7. The average molecular weight is 258 g/mol. The van der Waals surface area contributed by atoms with Gasteiger partial charge in [-0.1, -0.05) is 25.3 Å². The van der Waals surface area contributed by atoms with Gasteiger partial charge in [-0.3, -0.25) is 9.59 Å². The summed E-state index contributed by atoms with van der Waals surface area (Å²) in [6.45, 7) is 12.3. The van der Waals surface area contributed by atoms with Gasteiger partial charge in [-0.15, -0.1) is 0 Å². The molecule has 19 heavy (non-hydrogen) atoms. The molecule has 1 aromatic carbocycles. The molecule has 0 unspecified atom stereocenters. The summed E-state index contributed by atoms with van der Waals surface area (Å²) in [5.41, 5.74) is 2.78. The molecule has 4 nitrogen and oxygen atoms in total. The zero-order chi connectivity index (χ0) is 14.6. The second-order valence-corrected chi connectivity index (χ2v) is 4.47. The Morgan fingerprint density at radius 1 is 1.00 bits per heavy atom. The largest absolute Gasteiger partial charge is 0.320 e. The van der Waals surface area contributed by atoms with Gasteiger partial charge in [0.05, 0.1) is 11.4 Å². The summed E-state index contributed by atoms with van der Waals surface area (Å²) < 4.78 is 0. The number of para-hydroxylation sites is 1. The van der Waals surface area contributed by atoms with Crippen molar-refractivity contribution in [3.05, 3.63) is 48.1 Å². The van der Waals surface area contributed by atoms with Crippen molar-refractivity contribution in [2.24, 2.45) is 0 Å². The zero-order valence-electron chi connectivity index (χ0n) is 11.5. The van der Waals surface area contributed by atoms with E-state index in [4.69, 9.17) is 0 Å². The smallest absolute Gasteiger partial charge is 0.250 e. The van der Waals surface area contributed by atoms with E-state index in [9.17, 15) is 9.59 Å². The first-order chi connectivity index (χ1) is 8.82. The predicted molar refractivity (Wildman–Crippen MR) is 78.1 cm³/mol. The van der Waals surface area contributed by atoms with Crippen molar-refractivity contribution in [3.8, 4) is 0 Å². The Kier molecular flexibility index (Phi) is 4.64. The quantitative estimate of drug-likeness (QED) is 0.815. The molecule has 0 saturated heterocycles. The normalized spacial score (nSPS) is 9.63. The number of amides is 2. The SMILES string of the molecule is C=C(C)C(=O)Nc1cccc(C)c1NC(=O)C(=C)C. The van der Waals surface area contributed by atoms with Crippen molar-refractivity contribution >= 4 is 23.2 Å². The van der Waals surface area contributed by atoms with Gasteiger partial charge in [-0.05, 0) is 32.4 Å². The van der Waals surface area contributed by atoms with Crippen LogP contribution < -0.4 is 10.6 Å². The van der Waals surface area contributed by atoms with Crippen molar-refractivity contribution in [1.82, 2.24) is 0 Å². The van der Waals surface area contributed by atoms with E-state index >= 15 is 0 Å². The van der Waals surface area contributed by atoms with Crippen LogP contribution >= 0.6 is 0 Å². The first-order valence-corrected chi connectivity index (χ1v) is 5.86. The van der Waals surface area contributed by atoms with Crippen molar-refractivity contribution in [2.45, 2.75) is 20.8 Å². The summed E-state index contributed by atoms with van der Waals surface area (Å²) in [5.74, 6) is -0.559. The Balaban J connectivity index is 3.08. The van der Waals surface area contributed by atoms with Crippen LogP contribution in [0.5, 0.6) is 0 Å². The lowest BCUT2D eigenvalue weighted by molar-refractivity contribution is -0.113. The molecule has 4 heteroatoms. The summed E-state index contributed by atoms with van der Waals surface area (Å²) >= 11 is 0. The number of aryl methyl sites for hydroxylation is 1. The van der Waals surface area contributed by atoms with Gasteiger partial charge in [-0.2, -0.15) is 0 Å². The maximum atomic E-state index is 11.7. The highest BCUT2D eigenvalue weighted by molar-refractivity contribution is 6.09. The van der Waals surface area contributed by atoms with Crippen molar-refractivity contribution in [3.63, 3.8) is 0 Å². The molecule has 0 aliphatic carbocycles. The molecule has 2 N–H and O–H groups in total. The lowest BCUT2D eigenvalue weighted by Crippen LogP contribution is -2.17. The van der Waals surface area contributed by atoms with Crippen LogP contribution in [0, 0.1) is 6.92 Å². The highest BCUT2D eigenvalue weighted by Crippen LogP contribution is 2.26. The molecule has 100 valence electrons. The van der Waals surface area contributed by atoms with Gasteiger partial charge in [-0.25, -0.2) is 0 Å². The topological polar surface area (TPSA) is 58.2 Å². The van der Waals surface area contributed by atoms with Crippen LogP contribution in [0.25, 0.3) is 0 Å². The third-order valence-electron chi connectivity index (χ3n) is 2.53. The summed E-state index contributed by atoms with van der Waals surface area (Å²) in [6.07, 6.45) is 0. The lowest BCUT2D eigenvalue weighted by Gasteiger charge is -2.14. The second kappa shape index (κ2) is 6.00. The lowest BCUT2D eigenvalue weighted by atomic mass is 10.1. The summed E-state index contributed by atoms with van der Waals surface area (Å²) in [7, 11) is 0. The number of anilines is 2. The minimum Gasteiger partial charge on any atom is -0.320 e. The molecule has 0 saturated carbocycles. The molecular formula is C15H18N2O2. The molecule has 0 bridgehead atoms. The Hall–Kier alpha value is -2.36. The van der Waals surface area contributed by atoms with Crippen molar-refractivity contribution in [1.29, 1.82) is 0 Å². The number of benzene rings is 1. The average Bonchev–Trinajstić information content (AvgIpc) is 2.32. The number of rotatable bonds is 4.